The Labute approximate surface area is 195 Å². The molecular formula is C27H33N3O3. The molecule has 0 unspecified atom stereocenters. The first kappa shape index (κ1) is 23.1. The van der Waals surface area contributed by atoms with Crippen LogP contribution >= 0.6 is 0 Å². The summed E-state index contributed by atoms with van der Waals surface area (Å²) in [6.07, 6.45) is 5.45. The van der Waals surface area contributed by atoms with E-state index in [0.29, 0.717) is 6.61 Å². The van der Waals surface area contributed by atoms with Crippen LogP contribution < -0.4 is 4.74 Å². The SMILES string of the molecule is CCOc1c(/C(C)=C/C(=O)N2CCN(Cc3cccnc3)CC2)cc2c(C)c(C)oc2c1C. The highest BCUT2D eigenvalue weighted by atomic mass is 16.5. The molecule has 0 N–H and O–H groups in total. The van der Waals surface area contributed by atoms with Crippen LogP contribution in [-0.4, -0.2) is 53.5 Å². The molecule has 0 atom stereocenters. The lowest BCUT2D eigenvalue weighted by molar-refractivity contribution is -0.127. The van der Waals surface area contributed by atoms with Gasteiger partial charge in [0.2, 0.25) is 5.91 Å². The summed E-state index contributed by atoms with van der Waals surface area (Å²) in [5.41, 5.74) is 6.03. The maximum atomic E-state index is 13.1. The first-order valence-corrected chi connectivity index (χ1v) is 11.6. The summed E-state index contributed by atoms with van der Waals surface area (Å²) in [7, 11) is 0. The van der Waals surface area contributed by atoms with Crippen molar-refractivity contribution in [2.75, 3.05) is 32.8 Å². The fourth-order valence-corrected chi connectivity index (χ4v) is 4.47. The van der Waals surface area contributed by atoms with Gasteiger partial charge in [-0.25, -0.2) is 0 Å². The van der Waals surface area contributed by atoms with E-state index >= 15 is 0 Å². The van der Waals surface area contributed by atoms with Crippen molar-refractivity contribution in [3.05, 3.63) is 64.7 Å². The number of aryl methyl sites for hydroxylation is 3. The van der Waals surface area contributed by atoms with Crippen LogP contribution in [0.2, 0.25) is 0 Å². The highest BCUT2D eigenvalue weighted by Gasteiger charge is 2.22. The molecule has 1 aliphatic heterocycles. The van der Waals surface area contributed by atoms with Crippen molar-refractivity contribution in [3.63, 3.8) is 0 Å². The smallest absolute Gasteiger partial charge is 0.246 e. The minimum Gasteiger partial charge on any atom is -0.493 e. The second kappa shape index (κ2) is 9.79. The lowest BCUT2D eigenvalue weighted by atomic mass is 9.98. The number of ether oxygens (including phenoxy) is 1. The number of nitrogens with zero attached hydrogens (tertiary/aromatic N) is 3. The van der Waals surface area contributed by atoms with Gasteiger partial charge in [0, 0.05) is 67.7 Å². The molecule has 0 spiro atoms. The van der Waals surface area contributed by atoms with E-state index in [0.717, 1.165) is 77.5 Å². The minimum atomic E-state index is 0.0498. The Morgan fingerprint density at radius 3 is 2.61 bits per heavy atom. The van der Waals surface area contributed by atoms with Crippen molar-refractivity contribution >= 4 is 22.4 Å². The number of carbonyl (C=O) groups excluding carboxylic acids is 1. The van der Waals surface area contributed by atoms with Gasteiger partial charge in [0.1, 0.15) is 17.1 Å². The average Bonchev–Trinajstić information content (AvgIpc) is 3.10. The van der Waals surface area contributed by atoms with Crippen molar-refractivity contribution in [2.45, 2.75) is 41.2 Å². The topological polar surface area (TPSA) is 58.8 Å². The highest BCUT2D eigenvalue weighted by molar-refractivity contribution is 5.98. The monoisotopic (exact) mass is 447 g/mol. The molecular weight excluding hydrogens is 414 g/mol. The Hall–Kier alpha value is -3.12. The molecule has 174 valence electrons. The molecule has 0 aliphatic carbocycles. The van der Waals surface area contributed by atoms with Gasteiger partial charge in [-0.15, -0.1) is 0 Å². The van der Waals surface area contributed by atoms with Crippen LogP contribution in [0.25, 0.3) is 16.5 Å². The Morgan fingerprint density at radius 1 is 1.18 bits per heavy atom. The molecule has 1 fully saturated rings. The number of pyridine rings is 1. The predicted octanol–water partition coefficient (Wildman–Crippen LogP) is 4.90. The molecule has 0 radical (unpaired) electrons. The maximum Gasteiger partial charge on any atom is 0.246 e. The van der Waals surface area contributed by atoms with Crippen LogP contribution in [0.5, 0.6) is 5.75 Å². The lowest BCUT2D eigenvalue weighted by Gasteiger charge is -2.34. The summed E-state index contributed by atoms with van der Waals surface area (Å²) in [6.45, 7) is 14.6. The van der Waals surface area contributed by atoms with E-state index < -0.39 is 0 Å². The molecule has 1 aromatic carbocycles. The van der Waals surface area contributed by atoms with E-state index in [1.54, 1.807) is 12.3 Å². The lowest BCUT2D eigenvalue weighted by Crippen LogP contribution is -2.47. The standard InChI is InChI=1S/C27H33N3O3/c1-6-32-26-20(4)27-24(19(3)21(5)33-27)15-23(26)18(2)14-25(31)30-12-10-29(11-13-30)17-22-8-7-9-28-16-22/h7-9,14-16H,6,10-13,17H2,1-5H3/b18-14+. The number of rotatable bonds is 6. The second-order valence-electron chi connectivity index (χ2n) is 8.76. The molecule has 3 heterocycles. The number of carbonyl (C=O) groups is 1. The number of hydrogen-bond donors (Lipinski definition) is 0. The number of amides is 1. The van der Waals surface area contributed by atoms with Crippen molar-refractivity contribution < 1.29 is 13.9 Å². The summed E-state index contributed by atoms with van der Waals surface area (Å²) in [6, 6.07) is 6.16. The van der Waals surface area contributed by atoms with E-state index in [1.165, 1.54) is 5.56 Å². The number of aromatic nitrogens is 1. The molecule has 0 bridgehead atoms. The third kappa shape index (κ3) is 4.81. The molecule has 3 aromatic rings. The largest absolute Gasteiger partial charge is 0.493 e. The van der Waals surface area contributed by atoms with Crippen LogP contribution in [-0.2, 0) is 11.3 Å². The minimum absolute atomic E-state index is 0.0498. The Bertz CT molecular complexity index is 1170. The molecule has 6 nitrogen and oxygen atoms in total. The van der Waals surface area contributed by atoms with Crippen molar-refractivity contribution in [1.29, 1.82) is 0 Å². The van der Waals surface area contributed by atoms with Crippen molar-refractivity contribution in [1.82, 2.24) is 14.8 Å². The molecule has 6 heteroatoms. The summed E-state index contributed by atoms with van der Waals surface area (Å²) in [4.78, 5) is 21.6. The fraction of sp³-hybridized carbons (Fsp3) is 0.407. The summed E-state index contributed by atoms with van der Waals surface area (Å²) in [5.74, 6) is 1.75. The van der Waals surface area contributed by atoms with Gasteiger partial charge >= 0.3 is 0 Å². The van der Waals surface area contributed by atoms with Gasteiger partial charge in [-0.3, -0.25) is 14.7 Å². The van der Waals surface area contributed by atoms with Crippen molar-refractivity contribution in [2.24, 2.45) is 0 Å². The van der Waals surface area contributed by atoms with Crippen molar-refractivity contribution in [3.8, 4) is 5.75 Å². The Balaban J connectivity index is 1.52. The zero-order valence-electron chi connectivity index (χ0n) is 20.3. The normalized spacial score (nSPS) is 15.3. The van der Waals surface area contributed by atoms with Gasteiger partial charge in [-0.05, 0) is 63.5 Å². The molecule has 33 heavy (non-hydrogen) atoms. The third-order valence-corrected chi connectivity index (χ3v) is 6.51. The van der Waals surface area contributed by atoms with Crippen LogP contribution in [0.1, 0.15) is 41.9 Å². The average molecular weight is 448 g/mol. The number of furan rings is 1. The Morgan fingerprint density at radius 2 is 1.94 bits per heavy atom. The van der Waals surface area contributed by atoms with E-state index in [2.05, 4.69) is 28.9 Å². The van der Waals surface area contributed by atoms with Crippen LogP contribution in [0.15, 0.2) is 41.1 Å². The number of allylic oxidation sites excluding steroid dienone is 1. The molecule has 1 aliphatic rings. The van der Waals surface area contributed by atoms with Crippen LogP contribution in [0.3, 0.4) is 0 Å². The van der Waals surface area contributed by atoms with Crippen LogP contribution in [0, 0.1) is 20.8 Å². The maximum absolute atomic E-state index is 13.1. The molecule has 2 aromatic heterocycles. The first-order chi connectivity index (χ1) is 15.9. The second-order valence-corrected chi connectivity index (χ2v) is 8.76. The van der Waals surface area contributed by atoms with Gasteiger partial charge in [-0.1, -0.05) is 6.07 Å². The van der Waals surface area contributed by atoms with Gasteiger partial charge in [0.15, 0.2) is 0 Å². The number of piperazine rings is 1. The van der Waals surface area contributed by atoms with Crippen LogP contribution in [0.4, 0.5) is 0 Å². The van der Waals surface area contributed by atoms with Gasteiger partial charge in [0.25, 0.3) is 0 Å². The number of hydrogen-bond acceptors (Lipinski definition) is 5. The fourth-order valence-electron chi connectivity index (χ4n) is 4.47. The first-order valence-electron chi connectivity index (χ1n) is 11.6. The molecule has 0 saturated carbocycles. The van der Waals surface area contributed by atoms with E-state index in [4.69, 9.17) is 9.15 Å². The van der Waals surface area contributed by atoms with Gasteiger partial charge in [0.05, 0.1) is 6.61 Å². The highest BCUT2D eigenvalue weighted by Crippen LogP contribution is 2.39. The zero-order valence-corrected chi connectivity index (χ0v) is 20.3. The summed E-state index contributed by atoms with van der Waals surface area (Å²) < 4.78 is 12.0. The number of benzene rings is 1. The van der Waals surface area contributed by atoms with Gasteiger partial charge < -0.3 is 14.1 Å². The predicted molar refractivity (Wildman–Crippen MR) is 131 cm³/mol. The third-order valence-electron chi connectivity index (χ3n) is 6.51. The molecule has 4 rings (SSSR count). The van der Waals surface area contributed by atoms with E-state index in [-0.39, 0.29) is 5.91 Å². The molecule has 1 saturated heterocycles. The number of fused-ring (bicyclic) bond motifs is 1. The Kier molecular flexibility index (Phi) is 6.84. The summed E-state index contributed by atoms with van der Waals surface area (Å²) >= 11 is 0. The quantitative estimate of drug-likeness (QED) is 0.503. The zero-order chi connectivity index (χ0) is 23.5. The van der Waals surface area contributed by atoms with E-state index in [1.807, 2.05) is 44.9 Å². The summed E-state index contributed by atoms with van der Waals surface area (Å²) in [5, 5.41) is 1.08. The van der Waals surface area contributed by atoms with Gasteiger partial charge in [-0.2, -0.15) is 0 Å². The van der Waals surface area contributed by atoms with E-state index in [9.17, 15) is 4.79 Å². The molecule has 1 amide bonds.